The van der Waals surface area contributed by atoms with Crippen LogP contribution in [0.2, 0.25) is 0 Å². The Bertz CT molecular complexity index is 243. The number of hydrogen-bond acceptors (Lipinski definition) is 5. The molecule has 0 aromatic rings. The lowest BCUT2D eigenvalue weighted by molar-refractivity contribution is -0.145. The average Bonchev–Trinajstić information content (AvgIpc) is 2.32. The smallest absolute Gasteiger partial charge is 0.334 e. The molecule has 2 atom stereocenters. The van der Waals surface area contributed by atoms with E-state index in [-0.39, 0.29) is 12.5 Å². The topological polar surface area (TPSA) is 65.0 Å². The average molecular weight is 243 g/mol. The van der Waals surface area contributed by atoms with Crippen LogP contribution >= 0.6 is 0 Å². The van der Waals surface area contributed by atoms with Gasteiger partial charge < -0.3 is 9.47 Å². The molecule has 0 spiro atoms. The maximum Gasteiger partial charge on any atom is 0.334 e. The minimum absolute atomic E-state index is 0.187. The highest BCUT2D eigenvalue weighted by Gasteiger charge is 2.22. The fraction of sp³-hybridized carbons (Fsp3) is 0.750. The molecule has 0 aliphatic carbocycles. The van der Waals surface area contributed by atoms with Gasteiger partial charge >= 0.3 is 5.97 Å². The standard InChI is InChI=1S/C12H21NO4/c1-4-7-16-8-6-10(3)9-11(13-15)12(14)17-5-2/h4,10-11H,1,5-9H2,2-3H3/t10-,11?/m1/s1. The molecule has 0 bridgehead atoms. The lowest BCUT2D eigenvalue weighted by Crippen LogP contribution is -2.23. The Balaban J connectivity index is 3.88. The van der Waals surface area contributed by atoms with Crippen molar-refractivity contribution in [2.45, 2.75) is 32.7 Å². The summed E-state index contributed by atoms with van der Waals surface area (Å²) < 4.78 is 10.00. The molecule has 0 radical (unpaired) electrons. The molecule has 0 heterocycles. The molecule has 0 aromatic carbocycles. The van der Waals surface area contributed by atoms with E-state index < -0.39 is 12.0 Å². The first kappa shape index (κ1) is 15.8. The van der Waals surface area contributed by atoms with Crippen molar-refractivity contribution in [2.75, 3.05) is 19.8 Å². The molecule has 0 amide bonds. The highest BCUT2D eigenvalue weighted by Crippen LogP contribution is 2.14. The zero-order chi connectivity index (χ0) is 13.1. The van der Waals surface area contributed by atoms with Gasteiger partial charge in [-0.25, -0.2) is 4.79 Å². The number of ether oxygens (including phenoxy) is 2. The van der Waals surface area contributed by atoms with Crippen LogP contribution in [0.3, 0.4) is 0 Å². The number of esters is 1. The van der Waals surface area contributed by atoms with Gasteiger partial charge in [0.1, 0.15) is 0 Å². The third kappa shape index (κ3) is 7.63. The van der Waals surface area contributed by atoms with E-state index in [1.807, 2.05) is 6.92 Å². The molecule has 0 N–H and O–H groups in total. The first-order chi connectivity index (χ1) is 8.15. The first-order valence-electron chi connectivity index (χ1n) is 5.83. The van der Waals surface area contributed by atoms with Crippen LogP contribution < -0.4 is 0 Å². The van der Waals surface area contributed by atoms with E-state index in [4.69, 9.17) is 9.47 Å². The van der Waals surface area contributed by atoms with E-state index in [1.165, 1.54) is 0 Å². The zero-order valence-corrected chi connectivity index (χ0v) is 10.6. The molecule has 5 heteroatoms. The van der Waals surface area contributed by atoms with E-state index in [9.17, 15) is 9.70 Å². The van der Waals surface area contributed by atoms with Crippen molar-refractivity contribution in [3.05, 3.63) is 17.6 Å². The summed E-state index contributed by atoms with van der Waals surface area (Å²) in [6.07, 6.45) is 2.86. The number of hydrogen-bond donors (Lipinski definition) is 0. The van der Waals surface area contributed by atoms with Crippen LogP contribution in [0.15, 0.2) is 17.8 Å². The first-order valence-corrected chi connectivity index (χ1v) is 5.83. The van der Waals surface area contributed by atoms with Crippen molar-refractivity contribution in [2.24, 2.45) is 11.1 Å². The molecule has 0 saturated carbocycles. The third-order valence-electron chi connectivity index (χ3n) is 2.30. The van der Waals surface area contributed by atoms with Crippen LogP contribution in [0.1, 0.15) is 26.7 Å². The predicted octanol–water partition coefficient (Wildman–Crippen LogP) is 2.30. The SMILES string of the molecule is C=CCOCC[C@@H](C)CC(N=O)C(=O)OCC. The van der Waals surface area contributed by atoms with Gasteiger partial charge in [-0.15, -0.1) is 11.5 Å². The van der Waals surface area contributed by atoms with E-state index in [2.05, 4.69) is 11.8 Å². The van der Waals surface area contributed by atoms with Crippen molar-refractivity contribution in [1.82, 2.24) is 0 Å². The lowest BCUT2D eigenvalue weighted by Gasteiger charge is -2.14. The summed E-state index contributed by atoms with van der Waals surface area (Å²) in [5, 5.41) is 2.81. The van der Waals surface area contributed by atoms with Gasteiger partial charge in [-0.1, -0.05) is 18.2 Å². The maximum atomic E-state index is 11.3. The van der Waals surface area contributed by atoms with E-state index in [1.54, 1.807) is 13.0 Å². The summed E-state index contributed by atoms with van der Waals surface area (Å²) in [5.41, 5.74) is 0. The predicted molar refractivity (Wildman–Crippen MR) is 65.6 cm³/mol. The van der Waals surface area contributed by atoms with Gasteiger partial charge in [0.2, 0.25) is 0 Å². The van der Waals surface area contributed by atoms with Gasteiger partial charge in [-0.2, -0.15) is 0 Å². The molecule has 5 nitrogen and oxygen atoms in total. The largest absolute Gasteiger partial charge is 0.464 e. The Labute approximate surface area is 102 Å². The van der Waals surface area contributed by atoms with E-state index in [0.29, 0.717) is 19.6 Å². The van der Waals surface area contributed by atoms with Crippen LogP contribution in [-0.4, -0.2) is 31.8 Å². The fourth-order valence-electron chi connectivity index (χ4n) is 1.37. The van der Waals surface area contributed by atoms with Crippen LogP contribution in [0.4, 0.5) is 0 Å². The van der Waals surface area contributed by atoms with Gasteiger partial charge in [-0.05, 0) is 25.7 Å². The van der Waals surface area contributed by atoms with Crippen LogP contribution in [0, 0.1) is 10.8 Å². The molecule has 0 aromatic heterocycles. The van der Waals surface area contributed by atoms with Crippen molar-refractivity contribution in [1.29, 1.82) is 0 Å². The molecule has 98 valence electrons. The molecule has 0 aliphatic heterocycles. The van der Waals surface area contributed by atoms with Crippen molar-refractivity contribution in [3.8, 4) is 0 Å². The quantitative estimate of drug-likeness (QED) is 0.255. The zero-order valence-electron chi connectivity index (χ0n) is 10.6. The number of nitroso groups, excluding NO2 is 1. The molecule has 0 aliphatic rings. The molecular weight excluding hydrogens is 222 g/mol. The van der Waals surface area contributed by atoms with E-state index in [0.717, 1.165) is 6.42 Å². The van der Waals surface area contributed by atoms with Gasteiger partial charge in [0, 0.05) is 6.61 Å². The number of carbonyl (C=O) groups excluding carboxylic acids is 1. The normalized spacial score (nSPS) is 13.8. The Kier molecular flexibility index (Phi) is 9.24. The summed E-state index contributed by atoms with van der Waals surface area (Å²) in [7, 11) is 0. The van der Waals surface area contributed by atoms with Crippen molar-refractivity contribution >= 4 is 5.97 Å². The lowest BCUT2D eigenvalue weighted by atomic mass is 9.99. The van der Waals surface area contributed by atoms with Gasteiger partial charge in [-0.3, -0.25) is 0 Å². The number of nitrogens with zero attached hydrogens (tertiary/aromatic N) is 1. The summed E-state index contributed by atoms with van der Waals surface area (Å²) >= 11 is 0. The Hall–Kier alpha value is -1.23. The summed E-state index contributed by atoms with van der Waals surface area (Å²) in [5.74, 6) is -0.353. The minimum atomic E-state index is -0.899. The third-order valence-corrected chi connectivity index (χ3v) is 2.30. The number of rotatable bonds is 10. The fourth-order valence-corrected chi connectivity index (χ4v) is 1.37. The maximum absolute atomic E-state index is 11.3. The van der Waals surface area contributed by atoms with Crippen molar-refractivity contribution < 1.29 is 14.3 Å². The minimum Gasteiger partial charge on any atom is -0.464 e. The van der Waals surface area contributed by atoms with Crippen LogP contribution in [0.5, 0.6) is 0 Å². The molecule has 0 fully saturated rings. The van der Waals surface area contributed by atoms with Gasteiger partial charge in [0.25, 0.3) is 0 Å². The number of carbonyl (C=O) groups is 1. The van der Waals surface area contributed by atoms with Gasteiger partial charge in [0.15, 0.2) is 6.04 Å². The Morgan fingerprint density at radius 1 is 1.53 bits per heavy atom. The highest BCUT2D eigenvalue weighted by molar-refractivity contribution is 5.75. The molecule has 1 unspecified atom stereocenters. The molecule has 0 rings (SSSR count). The van der Waals surface area contributed by atoms with E-state index >= 15 is 0 Å². The molecule has 0 saturated heterocycles. The summed E-state index contributed by atoms with van der Waals surface area (Å²) in [4.78, 5) is 21.9. The highest BCUT2D eigenvalue weighted by atomic mass is 16.5. The van der Waals surface area contributed by atoms with Gasteiger partial charge in [0.05, 0.1) is 13.2 Å². The summed E-state index contributed by atoms with van der Waals surface area (Å²) in [6, 6.07) is -0.899. The second-order valence-corrected chi connectivity index (χ2v) is 3.87. The monoisotopic (exact) mass is 243 g/mol. The van der Waals surface area contributed by atoms with Crippen LogP contribution in [0.25, 0.3) is 0 Å². The Morgan fingerprint density at radius 2 is 2.24 bits per heavy atom. The second kappa shape index (κ2) is 9.96. The molecule has 17 heavy (non-hydrogen) atoms. The molecular formula is C12H21NO4. The van der Waals surface area contributed by atoms with Crippen LogP contribution in [-0.2, 0) is 14.3 Å². The Morgan fingerprint density at radius 3 is 2.76 bits per heavy atom. The van der Waals surface area contributed by atoms with Crippen molar-refractivity contribution in [3.63, 3.8) is 0 Å². The summed E-state index contributed by atoms with van der Waals surface area (Å²) in [6.45, 7) is 8.56. The second-order valence-electron chi connectivity index (χ2n) is 3.87.